The van der Waals surface area contributed by atoms with Crippen molar-refractivity contribution >= 4 is 0 Å². The molecule has 1 aliphatic rings. The van der Waals surface area contributed by atoms with Crippen molar-refractivity contribution in [1.82, 2.24) is 10.3 Å². The molecule has 3 nitrogen and oxygen atoms in total. The van der Waals surface area contributed by atoms with Crippen LogP contribution >= 0.6 is 0 Å². The normalized spacial score (nSPS) is 22.7. The topological polar surface area (TPSA) is 34.1 Å². The zero-order valence-corrected chi connectivity index (χ0v) is 15.7. The number of hydrogen-bond donors (Lipinski definition) is 1. The Morgan fingerprint density at radius 2 is 1.96 bits per heavy atom. The molecule has 130 valence electrons. The molecule has 1 atom stereocenters. The smallest absolute Gasteiger partial charge is 0.213 e. The maximum Gasteiger partial charge on any atom is 0.213 e. The summed E-state index contributed by atoms with van der Waals surface area (Å²) in [6.45, 7) is 13.6. The molecule has 1 aliphatic carbocycles. The van der Waals surface area contributed by atoms with E-state index in [0.717, 1.165) is 25.1 Å². The summed E-state index contributed by atoms with van der Waals surface area (Å²) in [7, 11) is 0. The first-order valence-corrected chi connectivity index (χ1v) is 9.10. The van der Waals surface area contributed by atoms with Gasteiger partial charge < -0.3 is 10.1 Å². The molecule has 2 rings (SSSR count). The average Bonchev–Trinajstić information content (AvgIpc) is 2.42. The van der Waals surface area contributed by atoms with Crippen molar-refractivity contribution in [2.75, 3.05) is 0 Å². The van der Waals surface area contributed by atoms with Crippen LogP contribution in [0.1, 0.15) is 66.4 Å². The maximum absolute atomic E-state index is 6.04. The number of rotatable bonds is 7. The van der Waals surface area contributed by atoms with Crippen LogP contribution in [0, 0.1) is 11.3 Å². The Labute approximate surface area is 142 Å². The Bertz CT molecular complexity index is 487. The molecule has 0 amide bonds. The number of aromatic nitrogens is 1. The van der Waals surface area contributed by atoms with Crippen molar-refractivity contribution < 1.29 is 4.74 Å². The fourth-order valence-corrected chi connectivity index (χ4v) is 2.72. The Balaban J connectivity index is 1.77. The van der Waals surface area contributed by atoms with Crippen LogP contribution in [0.3, 0.4) is 0 Å². The van der Waals surface area contributed by atoms with Gasteiger partial charge >= 0.3 is 0 Å². The Kier molecular flexibility index (Phi) is 6.07. The van der Waals surface area contributed by atoms with Gasteiger partial charge in [-0.05, 0) is 55.6 Å². The third-order valence-corrected chi connectivity index (χ3v) is 4.84. The summed E-state index contributed by atoms with van der Waals surface area (Å²) in [6.07, 6.45) is 6.64. The Hall–Kier alpha value is -1.09. The van der Waals surface area contributed by atoms with Gasteiger partial charge in [-0.1, -0.05) is 34.6 Å². The van der Waals surface area contributed by atoms with Crippen molar-refractivity contribution in [3.05, 3.63) is 23.9 Å². The fraction of sp³-hybridized carbons (Fsp3) is 0.750. The van der Waals surface area contributed by atoms with E-state index in [1.165, 1.54) is 12.0 Å². The second-order valence-corrected chi connectivity index (χ2v) is 8.67. The van der Waals surface area contributed by atoms with Gasteiger partial charge in [-0.15, -0.1) is 0 Å². The van der Waals surface area contributed by atoms with Crippen LogP contribution < -0.4 is 10.1 Å². The Morgan fingerprint density at radius 3 is 2.57 bits per heavy atom. The third-order valence-electron chi connectivity index (χ3n) is 4.84. The van der Waals surface area contributed by atoms with Crippen molar-refractivity contribution in [2.45, 2.75) is 85.4 Å². The van der Waals surface area contributed by atoms with Crippen LogP contribution in [-0.2, 0) is 6.42 Å². The summed E-state index contributed by atoms with van der Waals surface area (Å²) in [5.41, 5.74) is 1.69. The van der Waals surface area contributed by atoms with E-state index in [1.807, 2.05) is 6.20 Å². The molecule has 1 N–H and O–H groups in total. The molecule has 0 aromatic carbocycles. The summed E-state index contributed by atoms with van der Waals surface area (Å²) < 4.78 is 6.04. The van der Waals surface area contributed by atoms with E-state index in [1.54, 1.807) is 0 Å². The van der Waals surface area contributed by atoms with Crippen LogP contribution in [0.15, 0.2) is 18.3 Å². The van der Waals surface area contributed by atoms with Gasteiger partial charge in [-0.2, -0.15) is 0 Å². The number of aryl methyl sites for hydroxylation is 1. The molecule has 23 heavy (non-hydrogen) atoms. The molecule has 1 aromatic rings. The number of nitrogens with one attached hydrogen (secondary N) is 1. The molecular formula is C20H34N2O. The second kappa shape index (κ2) is 7.65. The van der Waals surface area contributed by atoms with E-state index < -0.39 is 0 Å². The first-order valence-electron chi connectivity index (χ1n) is 9.10. The third kappa shape index (κ3) is 6.14. The minimum atomic E-state index is 0.317. The molecule has 1 saturated carbocycles. The van der Waals surface area contributed by atoms with Gasteiger partial charge in [0.2, 0.25) is 5.88 Å². The highest BCUT2D eigenvalue weighted by Gasteiger charge is 2.32. The van der Waals surface area contributed by atoms with Crippen LogP contribution in [0.4, 0.5) is 0 Å². The molecule has 1 aromatic heterocycles. The van der Waals surface area contributed by atoms with E-state index in [0.29, 0.717) is 29.5 Å². The van der Waals surface area contributed by atoms with Crippen LogP contribution in [0.2, 0.25) is 0 Å². The van der Waals surface area contributed by atoms with Gasteiger partial charge in [0.25, 0.3) is 0 Å². The first-order chi connectivity index (χ1) is 10.7. The summed E-state index contributed by atoms with van der Waals surface area (Å²) in [6, 6.07) is 5.39. The van der Waals surface area contributed by atoms with Crippen molar-refractivity contribution in [2.24, 2.45) is 11.3 Å². The van der Waals surface area contributed by atoms with E-state index in [9.17, 15) is 0 Å². The molecule has 0 spiro atoms. The molecule has 0 bridgehead atoms. The fourth-order valence-electron chi connectivity index (χ4n) is 2.72. The van der Waals surface area contributed by atoms with E-state index >= 15 is 0 Å². The quantitative estimate of drug-likeness (QED) is 0.797. The summed E-state index contributed by atoms with van der Waals surface area (Å²) in [5, 5.41) is 3.68. The lowest BCUT2D eigenvalue weighted by atomic mass is 9.87. The minimum Gasteiger partial charge on any atom is -0.474 e. The van der Waals surface area contributed by atoms with Gasteiger partial charge in [0.1, 0.15) is 6.10 Å². The lowest BCUT2D eigenvalue weighted by Gasteiger charge is -2.38. The van der Waals surface area contributed by atoms with E-state index in [-0.39, 0.29) is 0 Å². The molecule has 3 heteroatoms. The van der Waals surface area contributed by atoms with Gasteiger partial charge in [-0.3, -0.25) is 0 Å². The zero-order valence-electron chi connectivity index (χ0n) is 15.7. The highest BCUT2D eigenvalue weighted by molar-refractivity contribution is 5.21. The van der Waals surface area contributed by atoms with Crippen molar-refractivity contribution in [1.29, 1.82) is 0 Å². The first kappa shape index (κ1) is 18.3. The average molecular weight is 319 g/mol. The van der Waals surface area contributed by atoms with Gasteiger partial charge in [0, 0.05) is 24.3 Å². The number of ether oxygens (including phenoxy) is 1. The lowest BCUT2D eigenvalue weighted by Crippen LogP contribution is -2.50. The van der Waals surface area contributed by atoms with Crippen LogP contribution in [0.5, 0.6) is 5.88 Å². The summed E-state index contributed by atoms with van der Waals surface area (Å²) >= 11 is 0. The molecular weight excluding hydrogens is 284 g/mol. The van der Waals surface area contributed by atoms with Crippen LogP contribution in [0.25, 0.3) is 0 Å². The maximum atomic E-state index is 6.04. The minimum absolute atomic E-state index is 0.317. The molecule has 0 unspecified atom stereocenters. The Morgan fingerprint density at radius 1 is 1.26 bits per heavy atom. The number of pyridine rings is 1. The summed E-state index contributed by atoms with van der Waals surface area (Å²) in [4.78, 5) is 4.38. The number of nitrogens with zero attached hydrogens (tertiary/aromatic N) is 1. The predicted octanol–water partition coefficient (Wildman–Crippen LogP) is 4.60. The van der Waals surface area contributed by atoms with Crippen molar-refractivity contribution in [3.8, 4) is 5.88 Å². The monoisotopic (exact) mass is 318 g/mol. The molecule has 0 saturated heterocycles. The van der Waals surface area contributed by atoms with Gasteiger partial charge in [-0.25, -0.2) is 4.98 Å². The van der Waals surface area contributed by atoms with E-state index in [2.05, 4.69) is 64.0 Å². The van der Waals surface area contributed by atoms with Crippen molar-refractivity contribution in [3.63, 3.8) is 0 Å². The highest BCUT2D eigenvalue weighted by Crippen LogP contribution is 2.27. The summed E-state index contributed by atoms with van der Waals surface area (Å²) in [5.74, 6) is 1.47. The molecule has 1 heterocycles. The predicted molar refractivity (Wildman–Crippen MR) is 96.9 cm³/mol. The molecule has 1 fully saturated rings. The second-order valence-electron chi connectivity index (χ2n) is 8.67. The zero-order chi connectivity index (χ0) is 17.0. The SMILES string of the molecule is CC(C)[C@@H](C)N[C@H]1C[C@H](Oc2cc(CCC(C)(C)C)ccn2)C1. The number of hydrogen-bond acceptors (Lipinski definition) is 3. The van der Waals surface area contributed by atoms with Gasteiger partial charge in [0.15, 0.2) is 0 Å². The largest absolute Gasteiger partial charge is 0.474 e. The van der Waals surface area contributed by atoms with E-state index in [4.69, 9.17) is 4.74 Å². The highest BCUT2D eigenvalue weighted by atomic mass is 16.5. The standard InChI is InChI=1S/C20H34N2O/c1-14(2)15(3)22-17-12-18(13-17)23-19-11-16(8-10-21-19)7-9-20(4,5)6/h8,10-11,14-15,17-18,22H,7,9,12-13H2,1-6H3/t15-,17-,18-/m1/s1. The lowest BCUT2D eigenvalue weighted by molar-refractivity contribution is 0.0732. The molecule has 0 aliphatic heterocycles. The van der Waals surface area contributed by atoms with Gasteiger partial charge in [0.05, 0.1) is 0 Å². The van der Waals surface area contributed by atoms with Crippen LogP contribution in [-0.4, -0.2) is 23.2 Å². The molecule has 0 radical (unpaired) electrons.